The zero-order valence-electron chi connectivity index (χ0n) is 7.86. The van der Waals surface area contributed by atoms with Crippen molar-refractivity contribution in [2.24, 2.45) is 5.73 Å². The Balaban J connectivity index is 2.35. The van der Waals surface area contributed by atoms with Gasteiger partial charge in [-0.05, 0) is 11.6 Å². The topological polar surface area (TPSA) is 59.0 Å². The van der Waals surface area contributed by atoms with E-state index in [4.69, 9.17) is 15.7 Å². The molecule has 1 aliphatic heterocycles. The van der Waals surface area contributed by atoms with Gasteiger partial charge in [0.15, 0.2) is 0 Å². The van der Waals surface area contributed by atoms with Crippen LogP contribution in [0.2, 0.25) is 0 Å². The van der Waals surface area contributed by atoms with E-state index in [0.717, 1.165) is 23.3 Å². The number of nitriles is 1. The molecule has 0 spiro atoms. The molecule has 0 radical (unpaired) electrons. The Labute approximate surface area is 83.1 Å². The summed E-state index contributed by atoms with van der Waals surface area (Å²) in [6, 6.07) is 8.01. The highest BCUT2D eigenvalue weighted by atomic mass is 16.5. The Hall–Kier alpha value is -1.53. The van der Waals surface area contributed by atoms with Crippen LogP contribution in [0, 0.1) is 11.3 Å². The zero-order chi connectivity index (χ0) is 9.97. The highest BCUT2D eigenvalue weighted by Crippen LogP contribution is 2.31. The summed E-state index contributed by atoms with van der Waals surface area (Å²) in [4.78, 5) is 0. The summed E-state index contributed by atoms with van der Waals surface area (Å²) in [6.45, 7) is 0.671. The first kappa shape index (κ1) is 9.04. The normalized spacial score (nSPS) is 19.3. The van der Waals surface area contributed by atoms with Crippen LogP contribution < -0.4 is 10.5 Å². The van der Waals surface area contributed by atoms with Crippen molar-refractivity contribution in [3.8, 4) is 11.8 Å². The van der Waals surface area contributed by atoms with Crippen molar-refractivity contribution in [3.05, 3.63) is 29.3 Å². The number of ether oxygens (including phenoxy) is 1. The average Bonchev–Trinajstić information content (AvgIpc) is 2.18. The van der Waals surface area contributed by atoms with Crippen molar-refractivity contribution in [1.29, 1.82) is 5.26 Å². The molecule has 3 nitrogen and oxygen atoms in total. The Kier molecular flexibility index (Phi) is 2.38. The summed E-state index contributed by atoms with van der Waals surface area (Å²) in [7, 11) is 0. The fraction of sp³-hybridized carbons (Fsp3) is 0.364. The Bertz CT molecular complexity index is 381. The van der Waals surface area contributed by atoms with Gasteiger partial charge in [-0.15, -0.1) is 0 Å². The number of nitrogens with two attached hydrogens (primary N) is 1. The maximum atomic E-state index is 8.56. The lowest BCUT2D eigenvalue weighted by Crippen LogP contribution is -2.20. The van der Waals surface area contributed by atoms with E-state index in [1.54, 1.807) is 0 Å². The first-order chi connectivity index (χ1) is 6.81. The number of fused-ring (bicyclic) bond motifs is 1. The van der Waals surface area contributed by atoms with Crippen LogP contribution in [0.15, 0.2) is 18.2 Å². The van der Waals surface area contributed by atoms with E-state index in [-0.39, 0.29) is 6.04 Å². The largest absolute Gasteiger partial charge is 0.493 e. The van der Waals surface area contributed by atoms with E-state index in [1.165, 1.54) is 0 Å². The average molecular weight is 188 g/mol. The molecule has 0 aromatic heterocycles. The second kappa shape index (κ2) is 3.69. The Morgan fingerprint density at radius 3 is 3.21 bits per heavy atom. The van der Waals surface area contributed by atoms with Crippen LogP contribution in [0.1, 0.15) is 23.6 Å². The van der Waals surface area contributed by atoms with Gasteiger partial charge in [0.25, 0.3) is 0 Å². The van der Waals surface area contributed by atoms with Crippen LogP contribution in [-0.4, -0.2) is 6.61 Å². The van der Waals surface area contributed by atoms with Crippen LogP contribution in [-0.2, 0) is 6.42 Å². The van der Waals surface area contributed by atoms with Crippen molar-refractivity contribution in [2.45, 2.75) is 18.9 Å². The summed E-state index contributed by atoms with van der Waals surface area (Å²) in [5.41, 5.74) is 7.97. The van der Waals surface area contributed by atoms with E-state index in [0.29, 0.717) is 13.0 Å². The van der Waals surface area contributed by atoms with Crippen LogP contribution >= 0.6 is 0 Å². The van der Waals surface area contributed by atoms with Crippen molar-refractivity contribution in [2.75, 3.05) is 6.61 Å². The van der Waals surface area contributed by atoms with Gasteiger partial charge in [0, 0.05) is 18.0 Å². The van der Waals surface area contributed by atoms with Gasteiger partial charge in [-0.25, -0.2) is 0 Å². The third kappa shape index (κ3) is 1.57. The molecule has 72 valence electrons. The standard InChI is InChI=1S/C11H12N2O/c12-5-3-8-1-2-9-10(13)4-6-14-11(9)7-8/h1-2,7,10H,3-4,6,13H2/t10-/m1/s1. The van der Waals surface area contributed by atoms with Gasteiger partial charge in [-0.3, -0.25) is 0 Å². The van der Waals surface area contributed by atoms with Crippen LogP contribution in [0.4, 0.5) is 0 Å². The van der Waals surface area contributed by atoms with E-state index in [2.05, 4.69) is 6.07 Å². The van der Waals surface area contributed by atoms with Gasteiger partial charge in [0.2, 0.25) is 0 Å². The lowest BCUT2D eigenvalue weighted by Gasteiger charge is -2.23. The molecule has 2 N–H and O–H groups in total. The molecular weight excluding hydrogens is 176 g/mol. The minimum Gasteiger partial charge on any atom is -0.493 e. The maximum Gasteiger partial charge on any atom is 0.124 e. The second-order valence-electron chi connectivity index (χ2n) is 3.45. The molecule has 14 heavy (non-hydrogen) atoms. The molecule has 0 aliphatic carbocycles. The molecule has 1 aromatic rings. The summed E-state index contributed by atoms with van der Waals surface area (Å²) < 4.78 is 5.49. The zero-order valence-corrected chi connectivity index (χ0v) is 7.86. The number of rotatable bonds is 1. The van der Waals surface area contributed by atoms with Gasteiger partial charge >= 0.3 is 0 Å². The molecular formula is C11H12N2O. The van der Waals surface area contributed by atoms with Gasteiger partial charge in [0.1, 0.15) is 5.75 Å². The molecule has 1 aromatic carbocycles. The first-order valence-corrected chi connectivity index (χ1v) is 4.69. The summed E-state index contributed by atoms with van der Waals surface area (Å²) >= 11 is 0. The summed E-state index contributed by atoms with van der Waals surface area (Å²) in [5, 5.41) is 8.56. The predicted octanol–water partition coefficient (Wildman–Crippen LogP) is 1.53. The predicted molar refractivity (Wildman–Crippen MR) is 52.8 cm³/mol. The molecule has 0 saturated carbocycles. The monoisotopic (exact) mass is 188 g/mol. The highest BCUT2D eigenvalue weighted by Gasteiger charge is 2.17. The quantitative estimate of drug-likeness (QED) is 0.727. The number of nitrogens with zero attached hydrogens (tertiary/aromatic N) is 1. The van der Waals surface area contributed by atoms with Crippen LogP contribution in [0.25, 0.3) is 0 Å². The van der Waals surface area contributed by atoms with E-state index in [9.17, 15) is 0 Å². The van der Waals surface area contributed by atoms with Gasteiger partial charge in [-0.1, -0.05) is 12.1 Å². The summed E-state index contributed by atoms with van der Waals surface area (Å²) in [5.74, 6) is 0.844. The second-order valence-corrected chi connectivity index (χ2v) is 3.45. The molecule has 0 bridgehead atoms. The minimum absolute atomic E-state index is 0.0786. The molecule has 0 unspecified atom stereocenters. The van der Waals surface area contributed by atoms with Gasteiger partial charge in [-0.2, -0.15) is 5.26 Å². The van der Waals surface area contributed by atoms with E-state index >= 15 is 0 Å². The fourth-order valence-corrected chi connectivity index (χ4v) is 1.66. The smallest absolute Gasteiger partial charge is 0.124 e. The molecule has 1 atom stereocenters. The third-order valence-corrected chi connectivity index (χ3v) is 2.45. The van der Waals surface area contributed by atoms with E-state index in [1.807, 2.05) is 18.2 Å². The lowest BCUT2D eigenvalue weighted by molar-refractivity contribution is 0.269. The molecule has 3 heteroatoms. The molecule has 1 aliphatic rings. The number of hydrogen-bond donors (Lipinski definition) is 1. The first-order valence-electron chi connectivity index (χ1n) is 4.69. The number of hydrogen-bond acceptors (Lipinski definition) is 3. The van der Waals surface area contributed by atoms with Gasteiger partial charge in [0.05, 0.1) is 19.1 Å². The summed E-state index contributed by atoms with van der Waals surface area (Å²) in [6.07, 6.45) is 1.29. The molecule has 1 heterocycles. The van der Waals surface area contributed by atoms with Gasteiger partial charge < -0.3 is 10.5 Å². The SMILES string of the molecule is N#CCc1ccc2c(c1)OCC[C@H]2N. The Morgan fingerprint density at radius 2 is 2.43 bits per heavy atom. The Morgan fingerprint density at radius 1 is 1.57 bits per heavy atom. The minimum atomic E-state index is 0.0786. The molecule has 0 saturated heterocycles. The lowest BCUT2D eigenvalue weighted by atomic mass is 9.99. The van der Waals surface area contributed by atoms with E-state index < -0.39 is 0 Å². The van der Waals surface area contributed by atoms with Crippen molar-refractivity contribution >= 4 is 0 Å². The van der Waals surface area contributed by atoms with Crippen molar-refractivity contribution in [3.63, 3.8) is 0 Å². The van der Waals surface area contributed by atoms with Crippen molar-refractivity contribution in [1.82, 2.24) is 0 Å². The molecule has 0 amide bonds. The fourth-order valence-electron chi connectivity index (χ4n) is 1.66. The molecule has 2 rings (SSSR count). The van der Waals surface area contributed by atoms with Crippen LogP contribution in [0.5, 0.6) is 5.75 Å². The number of benzene rings is 1. The van der Waals surface area contributed by atoms with Crippen LogP contribution in [0.3, 0.4) is 0 Å². The maximum absolute atomic E-state index is 8.56. The highest BCUT2D eigenvalue weighted by molar-refractivity contribution is 5.41. The molecule has 0 fully saturated rings. The third-order valence-electron chi connectivity index (χ3n) is 2.45. The van der Waals surface area contributed by atoms with Crippen molar-refractivity contribution < 1.29 is 4.74 Å².